The monoisotopic (exact) mass is 408 g/mol. The van der Waals surface area contributed by atoms with Crippen LogP contribution in [0.25, 0.3) is 6.08 Å². The van der Waals surface area contributed by atoms with Gasteiger partial charge in [-0.3, -0.25) is 4.79 Å². The highest BCUT2D eigenvalue weighted by Gasteiger charge is 2.29. The first-order chi connectivity index (χ1) is 13.4. The van der Waals surface area contributed by atoms with Crippen LogP contribution in [-0.2, 0) is 14.8 Å². The number of methoxy groups -OCH3 is 1. The van der Waals surface area contributed by atoms with Crippen molar-refractivity contribution in [2.45, 2.75) is 24.2 Å². The number of hydrogen-bond donors (Lipinski definition) is 1. The van der Waals surface area contributed by atoms with E-state index in [4.69, 9.17) is 4.74 Å². The van der Waals surface area contributed by atoms with E-state index in [0.29, 0.717) is 24.4 Å². The number of carbonyl (C=O) groups excluding carboxylic acids is 1. The molecular weight excluding hydrogens is 378 g/mol. The minimum Gasteiger partial charge on any atom is -0.495 e. The van der Waals surface area contributed by atoms with Crippen molar-refractivity contribution in [1.82, 2.24) is 9.21 Å². The molecule has 2 aliphatic rings. The summed E-state index contributed by atoms with van der Waals surface area (Å²) in [5.74, 6) is 0.292. The van der Waals surface area contributed by atoms with Crippen molar-refractivity contribution >= 4 is 22.0 Å². The third-order valence-corrected chi connectivity index (χ3v) is 7.39. The van der Waals surface area contributed by atoms with Crippen molar-refractivity contribution in [3.8, 4) is 5.75 Å². The van der Waals surface area contributed by atoms with E-state index >= 15 is 0 Å². The summed E-state index contributed by atoms with van der Waals surface area (Å²) in [7, 11) is -0.0206. The molecule has 0 bridgehead atoms. The maximum Gasteiger partial charge on any atom is 0.246 e. The lowest BCUT2D eigenvalue weighted by atomic mass is 10.2. The van der Waals surface area contributed by atoms with Gasteiger partial charge in [-0.25, -0.2) is 8.42 Å². The van der Waals surface area contributed by atoms with Gasteiger partial charge >= 0.3 is 0 Å². The SMILES string of the molecule is COc1ccc(/C=C/C(=O)N2CC[NH+](C)CC2)cc1S(=O)(=O)N1CCCCC1. The number of rotatable bonds is 5. The molecule has 2 saturated heterocycles. The van der Waals surface area contributed by atoms with Gasteiger partial charge in [-0.05, 0) is 36.6 Å². The van der Waals surface area contributed by atoms with E-state index in [1.807, 2.05) is 4.90 Å². The zero-order valence-corrected chi connectivity index (χ0v) is 17.5. The number of ether oxygens (including phenoxy) is 1. The van der Waals surface area contributed by atoms with Gasteiger partial charge in [-0.15, -0.1) is 0 Å². The summed E-state index contributed by atoms with van der Waals surface area (Å²) in [6.07, 6.45) is 6.02. The fourth-order valence-electron chi connectivity index (χ4n) is 3.62. The van der Waals surface area contributed by atoms with E-state index in [2.05, 4.69) is 7.05 Å². The Kier molecular flexibility index (Phi) is 6.74. The summed E-state index contributed by atoms with van der Waals surface area (Å²) in [6, 6.07) is 5.02. The number of nitrogens with zero attached hydrogens (tertiary/aromatic N) is 2. The second kappa shape index (κ2) is 9.07. The molecule has 0 unspecified atom stereocenters. The first-order valence-corrected chi connectivity index (χ1v) is 11.3. The van der Waals surface area contributed by atoms with Gasteiger partial charge in [0.05, 0.1) is 40.3 Å². The topological polar surface area (TPSA) is 71.4 Å². The number of likely N-dealkylation sites (N-methyl/N-ethyl adjacent to an activating group) is 1. The Morgan fingerprint density at radius 3 is 2.43 bits per heavy atom. The Bertz CT molecular complexity index is 824. The fraction of sp³-hybridized carbons (Fsp3) is 0.550. The van der Waals surface area contributed by atoms with E-state index in [-0.39, 0.29) is 10.8 Å². The van der Waals surface area contributed by atoms with Crippen molar-refractivity contribution in [3.63, 3.8) is 0 Å². The number of quaternary nitrogens is 1. The minimum absolute atomic E-state index is 0.0382. The number of benzene rings is 1. The lowest BCUT2D eigenvalue weighted by Crippen LogP contribution is -3.12. The Labute approximate surface area is 167 Å². The van der Waals surface area contributed by atoms with Crippen molar-refractivity contribution in [3.05, 3.63) is 29.8 Å². The van der Waals surface area contributed by atoms with E-state index in [9.17, 15) is 13.2 Å². The van der Waals surface area contributed by atoms with Crippen LogP contribution in [-0.4, -0.2) is 77.0 Å². The summed E-state index contributed by atoms with van der Waals surface area (Å²) < 4.78 is 33.0. The van der Waals surface area contributed by atoms with Gasteiger partial charge in [0, 0.05) is 19.2 Å². The third kappa shape index (κ3) is 4.74. The van der Waals surface area contributed by atoms with Gasteiger partial charge in [-0.2, -0.15) is 4.31 Å². The number of sulfonamides is 1. The molecule has 0 atom stereocenters. The average Bonchev–Trinajstić information content (AvgIpc) is 2.73. The summed E-state index contributed by atoms with van der Waals surface area (Å²) in [5, 5.41) is 0. The maximum atomic E-state index is 13.1. The highest BCUT2D eigenvalue weighted by Crippen LogP contribution is 2.30. The maximum absolute atomic E-state index is 13.1. The van der Waals surface area contributed by atoms with Crippen LogP contribution in [0.4, 0.5) is 0 Å². The normalized spacial score (nSPS) is 19.9. The molecule has 154 valence electrons. The molecule has 2 fully saturated rings. The molecule has 28 heavy (non-hydrogen) atoms. The zero-order chi connectivity index (χ0) is 20.1. The number of carbonyl (C=O) groups is 1. The van der Waals surface area contributed by atoms with Crippen LogP contribution in [0.15, 0.2) is 29.2 Å². The fourth-order valence-corrected chi connectivity index (χ4v) is 5.33. The Morgan fingerprint density at radius 2 is 1.79 bits per heavy atom. The smallest absolute Gasteiger partial charge is 0.246 e. The van der Waals surface area contributed by atoms with Crippen molar-refractivity contribution in [2.24, 2.45) is 0 Å². The van der Waals surface area contributed by atoms with Gasteiger partial charge in [0.1, 0.15) is 10.6 Å². The van der Waals surface area contributed by atoms with Crippen LogP contribution >= 0.6 is 0 Å². The minimum atomic E-state index is -3.62. The number of nitrogens with one attached hydrogen (secondary N) is 1. The molecule has 1 N–H and O–H groups in total. The average molecular weight is 409 g/mol. The van der Waals surface area contributed by atoms with Crippen molar-refractivity contribution in [1.29, 1.82) is 0 Å². The molecule has 0 radical (unpaired) electrons. The summed E-state index contributed by atoms with van der Waals surface area (Å²) >= 11 is 0. The van der Waals surface area contributed by atoms with E-state index < -0.39 is 10.0 Å². The second-order valence-corrected chi connectivity index (χ2v) is 9.40. The predicted molar refractivity (Wildman–Crippen MR) is 108 cm³/mol. The quantitative estimate of drug-likeness (QED) is 0.709. The van der Waals surface area contributed by atoms with Gasteiger partial charge in [-0.1, -0.05) is 12.5 Å². The number of piperidine rings is 1. The van der Waals surface area contributed by atoms with Crippen LogP contribution in [0.5, 0.6) is 5.75 Å². The summed E-state index contributed by atoms with van der Waals surface area (Å²) in [5.41, 5.74) is 0.671. The summed E-state index contributed by atoms with van der Waals surface area (Å²) in [6.45, 7) is 4.45. The van der Waals surface area contributed by atoms with Gasteiger partial charge in [0.15, 0.2) is 0 Å². The first-order valence-electron chi connectivity index (χ1n) is 9.88. The Hall–Kier alpha value is -1.90. The lowest BCUT2D eigenvalue weighted by molar-refractivity contribution is -0.883. The van der Waals surface area contributed by atoms with E-state index in [0.717, 1.165) is 45.4 Å². The van der Waals surface area contributed by atoms with Gasteiger partial charge < -0.3 is 14.5 Å². The largest absolute Gasteiger partial charge is 0.495 e. The number of hydrogen-bond acceptors (Lipinski definition) is 4. The molecule has 2 heterocycles. The Morgan fingerprint density at radius 1 is 1.11 bits per heavy atom. The number of amides is 1. The molecule has 0 aliphatic carbocycles. The van der Waals surface area contributed by atoms with Crippen molar-refractivity contribution < 1.29 is 22.8 Å². The first kappa shape index (κ1) is 20.8. The van der Waals surface area contributed by atoms with Crippen LogP contribution in [0.3, 0.4) is 0 Å². The Balaban J connectivity index is 1.79. The van der Waals surface area contributed by atoms with Crippen LogP contribution < -0.4 is 9.64 Å². The summed E-state index contributed by atoms with van der Waals surface area (Å²) in [4.78, 5) is 15.8. The standard InChI is InChI=1S/C20H29N3O4S/c1-21-12-14-22(15-13-21)20(24)9-7-17-6-8-18(27-2)19(16-17)28(25,26)23-10-4-3-5-11-23/h6-9,16H,3-5,10-15H2,1-2H3/p+1/b9-7+. The lowest BCUT2D eigenvalue weighted by Gasteiger charge is -2.29. The van der Waals surface area contributed by atoms with Crippen LogP contribution in [0.2, 0.25) is 0 Å². The van der Waals surface area contributed by atoms with E-state index in [1.54, 1.807) is 24.3 Å². The van der Waals surface area contributed by atoms with Gasteiger partial charge in [0.25, 0.3) is 0 Å². The van der Waals surface area contributed by atoms with Crippen LogP contribution in [0.1, 0.15) is 24.8 Å². The predicted octanol–water partition coefficient (Wildman–Crippen LogP) is 0.240. The molecule has 0 spiro atoms. The van der Waals surface area contributed by atoms with E-state index in [1.165, 1.54) is 22.4 Å². The van der Waals surface area contributed by atoms with Gasteiger partial charge in [0.2, 0.25) is 15.9 Å². The third-order valence-electron chi connectivity index (χ3n) is 5.47. The zero-order valence-electron chi connectivity index (χ0n) is 16.7. The molecule has 0 saturated carbocycles. The second-order valence-electron chi connectivity index (χ2n) is 7.49. The molecule has 2 aliphatic heterocycles. The molecule has 1 aromatic rings. The van der Waals surface area contributed by atoms with Crippen LogP contribution in [0, 0.1) is 0 Å². The number of piperazine rings is 1. The molecule has 1 amide bonds. The molecule has 1 aromatic carbocycles. The highest BCUT2D eigenvalue weighted by molar-refractivity contribution is 7.89. The molecule has 7 nitrogen and oxygen atoms in total. The molecule has 3 rings (SSSR count). The molecule has 0 aromatic heterocycles. The highest BCUT2D eigenvalue weighted by atomic mass is 32.2. The van der Waals surface area contributed by atoms with Crippen molar-refractivity contribution in [2.75, 3.05) is 53.4 Å². The molecule has 8 heteroatoms. The molecular formula is C20H30N3O4S+.